The number of amides is 1. The minimum atomic E-state index is -6.40. The van der Waals surface area contributed by atoms with Gasteiger partial charge in [0, 0.05) is 0 Å². The molecule has 0 aliphatic rings. The molecule has 0 saturated heterocycles. The van der Waals surface area contributed by atoms with Crippen LogP contribution in [0.2, 0.25) is 0 Å². The van der Waals surface area contributed by atoms with E-state index in [9.17, 15) is 45.5 Å². The van der Waals surface area contributed by atoms with Crippen LogP contribution in [0.25, 0.3) is 11.2 Å². The number of aromatic nitrogens is 5. The molecule has 1 amide bonds. The van der Waals surface area contributed by atoms with Crippen LogP contribution >= 0.6 is 7.60 Å². The number of fused-ring (bicyclic) bond motifs is 1. The number of rotatable bonds is 11. The third kappa shape index (κ3) is 7.24. The van der Waals surface area contributed by atoms with Crippen LogP contribution in [-0.4, -0.2) is 77.7 Å². The minimum absolute atomic E-state index is 0.0170. The van der Waals surface area contributed by atoms with E-state index in [0.717, 1.165) is 24.4 Å². The van der Waals surface area contributed by atoms with Gasteiger partial charge in [0.25, 0.3) is 0 Å². The molecule has 0 spiro atoms. The van der Waals surface area contributed by atoms with Gasteiger partial charge >= 0.3 is 26.0 Å². The maximum Gasteiger partial charge on any atom is 0.412 e. The monoisotopic (exact) mass is 552 g/mol. The van der Waals surface area contributed by atoms with Gasteiger partial charge in [0.2, 0.25) is 0 Å². The molecule has 2 rings (SSSR count). The fourth-order valence-electron chi connectivity index (χ4n) is 2.94. The summed E-state index contributed by atoms with van der Waals surface area (Å²) in [4.78, 5) is 38.0. The van der Waals surface area contributed by atoms with Crippen LogP contribution in [-0.2, 0) is 20.6 Å². The molecular formula is C17H23F6N6O6P. The van der Waals surface area contributed by atoms with Crippen molar-refractivity contribution in [3.63, 3.8) is 0 Å². The van der Waals surface area contributed by atoms with E-state index in [-0.39, 0.29) is 23.6 Å². The van der Waals surface area contributed by atoms with Crippen molar-refractivity contribution in [1.29, 1.82) is 0 Å². The van der Waals surface area contributed by atoms with Crippen molar-refractivity contribution >= 4 is 30.7 Å². The smallest absolute Gasteiger partial charge is 0.412 e. The summed E-state index contributed by atoms with van der Waals surface area (Å²) < 4.78 is 102. The Bertz CT molecular complexity index is 1090. The van der Waals surface area contributed by atoms with E-state index in [4.69, 9.17) is 9.47 Å². The van der Waals surface area contributed by atoms with Crippen LogP contribution < -0.4 is 5.32 Å². The maximum atomic E-state index is 13.5. The maximum absolute atomic E-state index is 13.5. The Morgan fingerprint density at radius 2 is 1.89 bits per heavy atom. The number of anilines is 1. The lowest BCUT2D eigenvalue weighted by Crippen LogP contribution is -2.52. The van der Waals surface area contributed by atoms with Crippen molar-refractivity contribution in [3.05, 3.63) is 6.33 Å². The third-order valence-corrected chi connectivity index (χ3v) is 6.52. The number of ether oxygens (including phenoxy) is 2. The molecule has 0 radical (unpaired) electrons. The molecule has 0 saturated carbocycles. The molecule has 204 valence electrons. The Balaban J connectivity index is 2.20. The van der Waals surface area contributed by atoms with E-state index < -0.39 is 56.9 Å². The van der Waals surface area contributed by atoms with Crippen molar-refractivity contribution in [1.82, 2.24) is 25.0 Å². The van der Waals surface area contributed by atoms with Crippen LogP contribution in [0.3, 0.4) is 0 Å². The first kappa shape index (κ1) is 29.7. The third-order valence-electron chi connectivity index (χ3n) is 4.87. The summed E-state index contributed by atoms with van der Waals surface area (Å²) in [6.07, 6.45) is -14.1. The molecule has 12 nitrogen and oxygen atoms in total. The second kappa shape index (κ2) is 11.2. The molecule has 19 heteroatoms. The lowest BCUT2D eigenvalue weighted by molar-refractivity contribution is -0.224. The van der Waals surface area contributed by atoms with Gasteiger partial charge in [-0.2, -0.15) is 26.3 Å². The summed E-state index contributed by atoms with van der Waals surface area (Å²) in [7, 11) is -6.40. The molecule has 0 aliphatic heterocycles. The van der Waals surface area contributed by atoms with Crippen molar-refractivity contribution in [2.75, 3.05) is 18.5 Å². The fourth-order valence-corrected chi connectivity index (χ4v) is 3.90. The van der Waals surface area contributed by atoms with E-state index in [1.807, 2.05) is 6.92 Å². The van der Waals surface area contributed by atoms with Gasteiger partial charge in [0.15, 0.2) is 22.1 Å². The van der Waals surface area contributed by atoms with Gasteiger partial charge in [-0.1, -0.05) is 18.6 Å². The molecule has 0 aromatic carbocycles. The molecule has 2 aromatic heterocycles. The second-order valence-electron chi connectivity index (χ2n) is 7.77. The Morgan fingerprint density at radius 1 is 1.22 bits per heavy atom. The molecule has 3 N–H and O–H groups in total. The van der Waals surface area contributed by atoms with Crippen LogP contribution in [0.5, 0.6) is 0 Å². The second-order valence-corrected chi connectivity index (χ2v) is 9.71. The van der Waals surface area contributed by atoms with E-state index in [0.29, 0.717) is 6.42 Å². The average molecular weight is 552 g/mol. The predicted octanol–water partition coefficient (Wildman–Crippen LogP) is 3.41. The highest BCUT2D eigenvalue weighted by atomic mass is 31.2. The molecule has 2 heterocycles. The standard InChI is InChI=1S/C17H23F6N6O6P/c1-3-4-5-34-14(30)26-12-11-13(25-9-24-12)29(28-27-11)6-10(2)35-8-15(17(21,22)23,36(31,32)33)7-16(18,19)20/h9-10H,3-8H2,1-2H3,(H2,31,32,33)(H,24,25,26,30)/t10?,15-/m1/s1. The zero-order valence-electron chi connectivity index (χ0n) is 18.9. The first-order valence-electron chi connectivity index (χ1n) is 10.3. The molecule has 2 aromatic rings. The van der Waals surface area contributed by atoms with E-state index in [1.54, 1.807) is 0 Å². The van der Waals surface area contributed by atoms with E-state index in [2.05, 4.69) is 25.6 Å². The number of unbranched alkanes of at least 4 members (excludes halogenated alkanes) is 1. The van der Waals surface area contributed by atoms with E-state index >= 15 is 0 Å². The molecule has 1 unspecified atom stereocenters. The summed E-state index contributed by atoms with van der Waals surface area (Å²) >= 11 is 0. The normalized spacial score (nSPS) is 15.5. The van der Waals surface area contributed by atoms with Crippen molar-refractivity contribution < 1.29 is 55.0 Å². The SMILES string of the molecule is CCCCOC(=O)Nc1ncnc2c1nnn2CC(C)OC[C@](CC(F)(F)F)(C(F)(F)F)P(=O)(O)O. The molecule has 36 heavy (non-hydrogen) atoms. The van der Waals surface area contributed by atoms with Gasteiger partial charge in [0.1, 0.15) is 6.33 Å². The van der Waals surface area contributed by atoms with Crippen molar-refractivity contribution in [3.8, 4) is 0 Å². The number of halogens is 6. The van der Waals surface area contributed by atoms with E-state index in [1.165, 1.54) is 0 Å². The molecular weight excluding hydrogens is 529 g/mol. The van der Waals surface area contributed by atoms with Gasteiger partial charge in [0.05, 0.1) is 32.3 Å². The summed E-state index contributed by atoms with van der Waals surface area (Å²) in [5.74, 6) is -0.0934. The van der Waals surface area contributed by atoms with Gasteiger partial charge in [-0.25, -0.2) is 19.4 Å². The summed E-state index contributed by atoms with van der Waals surface area (Å²) in [6.45, 7) is 0.798. The molecule has 0 bridgehead atoms. The lowest BCUT2D eigenvalue weighted by Gasteiger charge is -2.36. The fraction of sp³-hybridized carbons (Fsp3) is 0.706. The minimum Gasteiger partial charge on any atom is -0.449 e. The zero-order chi connectivity index (χ0) is 27.4. The average Bonchev–Trinajstić information content (AvgIpc) is 3.12. The van der Waals surface area contributed by atoms with Crippen LogP contribution in [0.15, 0.2) is 6.33 Å². The number of nitrogens with zero attached hydrogens (tertiary/aromatic N) is 5. The van der Waals surface area contributed by atoms with Gasteiger partial charge in [-0.05, 0) is 13.3 Å². The number of hydrogen-bond donors (Lipinski definition) is 3. The van der Waals surface area contributed by atoms with Crippen molar-refractivity contribution in [2.45, 2.75) is 63.3 Å². The number of hydrogen-bond acceptors (Lipinski definition) is 8. The molecule has 2 atom stereocenters. The number of carbonyl (C=O) groups excluding carboxylic acids is 1. The quantitative estimate of drug-likeness (QED) is 0.214. The van der Waals surface area contributed by atoms with Gasteiger partial charge < -0.3 is 19.3 Å². The Morgan fingerprint density at radius 3 is 2.44 bits per heavy atom. The zero-order valence-corrected chi connectivity index (χ0v) is 19.8. The largest absolute Gasteiger partial charge is 0.449 e. The van der Waals surface area contributed by atoms with Crippen LogP contribution in [0.4, 0.5) is 37.0 Å². The molecule has 0 aliphatic carbocycles. The summed E-state index contributed by atoms with van der Waals surface area (Å²) in [6, 6.07) is 0. The number of alkyl halides is 6. The van der Waals surface area contributed by atoms with Crippen molar-refractivity contribution in [2.24, 2.45) is 0 Å². The highest BCUT2D eigenvalue weighted by molar-refractivity contribution is 7.53. The van der Waals surface area contributed by atoms with Gasteiger partial charge in [-0.15, -0.1) is 5.10 Å². The topological polar surface area (TPSA) is 162 Å². The predicted molar refractivity (Wildman–Crippen MR) is 110 cm³/mol. The molecule has 0 fully saturated rings. The first-order valence-corrected chi connectivity index (χ1v) is 11.9. The van der Waals surface area contributed by atoms with Gasteiger partial charge in [-0.3, -0.25) is 9.88 Å². The highest BCUT2D eigenvalue weighted by Gasteiger charge is 2.69. The first-order chi connectivity index (χ1) is 16.5. The summed E-state index contributed by atoms with van der Waals surface area (Å²) in [5, 5.41) is 5.31. The number of nitrogens with one attached hydrogen (secondary N) is 1. The van der Waals surface area contributed by atoms with Crippen LogP contribution in [0, 0.1) is 0 Å². The Hall–Kier alpha value is -2.56. The Kier molecular flexibility index (Phi) is 9.25. The lowest BCUT2D eigenvalue weighted by atomic mass is 10.0. The number of carbonyl (C=O) groups is 1. The Labute approximate surface area is 199 Å². The highest BCUT2D eigenvalue weighted by Crippen LogP contribution is 2.62. The van der Waals surface area contributed by atoms with Crippen LogP contribution in [0.1, 0.15) is 33.1 Å². The summed E-state index contributed by atoms with van der Waals surface area (Å²) in [5.41, 5.74) is -0.0502.